The van der Waals surface area contributed by atoms with Crippen molar-refractivity contribution in [2.45, 2.75) is 26.3 Å². The maximum atomic E-state index is 5.81. The van der Waals surface area contributed by atoms with Crippen LogP contribution in [0.2, 0.25) is 0 Å². The Morgan fingerprint density at radius 1 is 1.32 bits per heavy atom. The quantitative estimate of drug-likeness (QED) is 0.782. The summed E-state index contributed by atoms with van der Waals surface area (Å²) in [5.41, 5.74) is 8.91. The number of nitrogens with two attached hydrogens (primary N) is 1. The van der Waals surface area contributed by atoms with Crippen molar-refractivity contribution in [2.75, 3.05) is 0 Å². The SMILES string of the molecule is CCCc1nc(-c2coc3ccccc23)sc1CN. The first-order chi connectivity index (χ1) is 9.33. The van der Waals surface area contributed by atoms with Crippen molar-refractivity contribution in [3.05, 3.63) is 41.1 Å². The van der Waals surface area contributed by atoms with E-state index < -0.39 is 0 Å². The third-order valence-electron chi connectivity index (χ3n) is 3.16. The van der Waals surface area contributed by atoms with Crippen LogP contribution in [0.25, 0.3) is 21.5 Å². The molecule has 2 N–H and O–H groups in total. The van der Waals surface area contributed by atoms with Gasteiger partial charge in [-0.3, -0.25) is 0 Å². The summed E-state index contributed by atoms with van der Waals surface area (Å²) in [6.45, 7) is 2.72. The molecule has 98 valence electrons. The highest BCUT2D eigenvalue weighted by Crippen LogP contribution is 2.34. The third kappa shape index (κ3) is 2.17. The minimum absolute atomic E-state index is 0.558. The molecule has 1 aromatic carbocycles. The summed E-state index contributed by atoms with van der Waals surface area (Å²) in [4.78, 5) is 5.92. The molecular weight excluding hydrogens is 256 g/mol. The second kappa shape index (κ2) is 5.15. The Morgan fingerprint density at radius 3 is 2.95 bits per heavy atom. The first-order valence-electron chi connectivity index (χ1n) is 6.48. The zero-order valence-electron chi connectivity index (χ0n) is 10.8. The molecule has 3 rings (SSSR count). The van der Waals surface area contributed by atoms with E-state index in [4.69, 9.17) is 15.1 Å². The Kier molecular flexibility index (Phi) is 3.36. The van der Waals surface area contributed by atoms with Crippen molar-refractivity contribution < 1.29 is 4.42 Å². The van der Waals surface area contributed by atoms with Gasteiger partial charge in [-0.2, -0.15) is 0 Å². The van der Waals surface area contributed by atoms with Gasteiger partial charge in [0.25, 0.3) is 0 Å². The Bertz CT molecular complexity index is 699. The van der Waals surface area contributed by atoms with Gasteiger partial charge in [0.05, 0.1) is 11.3 Å². The summed E-state index contributed by atoms with van der Waals surface area (Å²) in [6.07, 6.45) is 3.86. The van der Waals surface area contributed by atoms with Gasteiger partial charge in [0.1, 0.15) is 16.9 Å². The van der Waals surface area contributed by atoms with Crippen LogP contribution in [0.3, 0.4) is 0 Å². The van der Waals surface area contributed by atoms with Crippen molar-refractivity contribution in [3.63, 3.8) is 0 Å². The van der Waals surface area contributed by atoms with Crippen LogP contribution in [-0.4, -0.2) is 4.98 Å². The maximum absolute atomic E-state index is 5.81. The zero-order chi connectivity index (χ0) is 13.2. The van der Waals surface area contributed by atoms with E-state index in [9.17, 15) is 0 Å². The predicted molar refractivity (Wildman–Crippen MR) is 79.2 cm³/mol. The number of fused-ring (bicyclic) bond motifs is 1. The summed E-state index contributed by atoms with van der Waals surface area (Å²) < 4.78 is 5.58. The van der Waals surface area contributed by atoms with Gasteiger partial charge in [0, 0.05) is 16.8 Å². The molecule has 0 unspecified atom stereocenters. The van der Waals surface area contributed by atoms with Crippen LogP contribution in [0.15, 0.2) is 34.9 Å². The van der Waals surface area contributed by atoms with E-state index >= 15 is 0 Å². The molecule has 0 aliphatic heterocycles. The molecule has 19 heavy (non-hydrogen) atoms. The minimum Gasteiger partial charge on any atom is -0.464 e. The molecule has 0 saturated carbocycles. The van der Waals surface area contributed by atoms with Gasteiger partial charge in [-0.1, -0.05) is 31.5 Å². The molecule has 3 aromatic rings. The standard InChI is InChI=1S/C15H16N2OS/c1-2-5-12-14(8-16)19-15(17-12)11-9-18-13-7-4-3-6-10(11)13/h3-4,6-7,9H,2,5,8,16H2,1H3. The lowest BCUT2D eigenvalue weighted by Gasteiger charge is -1.94. The van der Waals surface area contributed by atoms with Crippen molar-refractivity contribution in [2.24, 2.45) is 5.73 Å². The second-order valence-corrected chi connectivity index (χ2v) is 5.57. The van der Waals surface area contributed by atoms with Crippen LogP contribution >= 0.6 is 11.3 Å². The molecule has 0 atom stereocenters. The van der Waals surface area contributed by atoms with Crippen LogP contribution in [0.5, 0.6) is 0 Å². The van der Waals surface area contributed by atoms with Crippen LogP contribution in [0, 0.1) is 0 Å². The van der Waals surface area contributed by atoms with E-state index in [0.29, 0.717) is 6.54 Å². The number of aryl methyl sites for hydroxylation is 1. The highest BCUT2D eigenvalue weighted by Gasteiger charge is 2.14. The number of nitrogens with zero attached hydrogens (tertiary/aromatic N) is 1. The molecule has 0 aliphatic carbocycles. The lowest BCUT2D eigenvalue weighted by Crippen LogP contribution is -1.97. The molecule has 2 heterocycles. The highest BCUT2D eigenvalue weighted by atomic mass is 32.1. The van der Waals surface area contributed by atoms with E-state index in [1.54, 1.807) is 17.6 Å². The molecule has 4 heteroatoms. The van der Waals surface area contributed by atoms with Crippen LogP contribution < -0.4 is 5.73 Å². The lowest BCUT2D eigenvalue weighted by atomic mass is 10.2. The summed E-state index contributed by atoms with van der Waals surface area (Å²) in [6, 6.07) is 8.04. The highest BCUT2D eigenvalue weighted by molar-refractivity contribution is 7.15. The number of thiazole rings is 1. The fourth-order valence-corrected chi connectivity index (χ4v) is 3.24. The molecular formula is C15H16N2OS. The first-order valence-corrected chi connectivity index (χ1v) is 7.30. The predicted octanol–water partition coefficient (Wildman–Crippen LogP) is 3.97. The van der Waals surface area contributed by atoms with E-state index in [0.717, 1.165) is 40.1 Å². The van der Waals surface area contributed by atoms with Gasteiger partial charge in [0.2, 0.25) is 0 Å². The molecule has 0 spiro atoms. The number of para-hydroxylation sites is 1. The van der Waals surface area contributed by atoms with Gasteiger partial charge >= 0.3 is 0 Å². The van der Waals surface area contributed by atoms with E-state index in [2.05, 4.69) is 13.0 Å². The van der Waals surface area contributed by atoms with Crippen molar-refractivity contribution in [1.82, 2.24) is 4.98 Å². The molecule has 3 nitrogen and oxygen atoms in total. The number of aromatic nitrogens is 1. The van der Waals surface area contributed by atoms with E-state index in [-0.39, 0.29) is 0 Å². The number of benzene rings is 1. The summed E-state index contributed by atoms with van der Waals surface area (Å²) in [7, 11) is 0. The van der Waals surface area contributed by atoms with Crippen molar-refractivity contribution >= 4 is 22.3 Å². The Balaban J connectivity index is 2.11. The van der Waals surface area contributed by atoms with Gasteiger partial charge < -0.3 is 10.2 Å². The average Bonchev–Trinajstić information content (AvgIpc) is 3.02. The fourth-order valence-electron chi connectivity index (χ4n) is 2.23. The molecule has 0 radical (unpaired) electrons. The molecule has 0 fully saturated rings. The zero-order valence-corrected chi connectivity index (χ0v) is 11.7. The van der Waals surface area contributed by atoms with Gasteiger partial charge in [0.15, 0.2) is 0 Å². The smallest absolute Gasteiger partial charge is 0.134 e. The van der Waals surface area contributed by atoms with Crippen LogP contribution in [-0.2, 0) is 13.0 Å². The lowest BCUT2D eigenvalue weighted by molar-refractivity contribution is 0.617. The van der Waals surface area contributed by atoms with E-state index in [1.165, 1.54) is 4.88 Å². The largest absolute Gasteiger partial charge is 0.464 e. The molecule has 0 aliphatic rings. The summed E-state index contributed by atoms with van der Waals surface area (Å²) >= 11 is 1.68. The van der Waals surface area contributed by atoms with Crippen LogP contribution in [0.1, 0.15) is 23.9 Å². The average molecular weight is 272 g/mol. The second-order valence-electron chi connectivity index (χ2n) is 4.49. The Morgan fingerprint density at radius 2 is 2.16 bits per heavy atom. The fraction of sp³-hybridized carbons (Fsp3) is 0.267. The minimum atomic E-state index is 0.558. The summed E-state index contributed by atoms with van der Waals surface area (Å²) in [5.74, 6) is 0. The monoisotopic (exact) mass is 272 g/mol. The number of rotatable bonds is 4. The maximum Gasteiger partial charge on any atom is 0.134 e. The molecule has 0 bridgehead atoms. The molecule has 0 saturated heterocycles. The number of hydrogen-bond acceptors (Lipinski definition) is 4. The number of furan rings is 1. The first kappa shape index (κ1) is 12.4. The third-order valence-corrected chi connectivity index (χ3v) is 4.32. The van der Waals surface area contributed by atoms with E-state index in [1.807, 2.05) is 18.2 Å². The molecule has 0 amide bonds. The number of hydrogen-bond donors (Lipinski definition) is 1. The van der Waals surface area contributed by atoms with Crippen molar-refractivity contribution in [1.29, 1.82) is 0 Å². The van der Waals surface area contributed by atoms with Gasteiger partial charge in [-0.25, -0.2) is 4.98 Å². The van der Waals surface area contributed by atoms with Gasteiger partial charge in [-0.15, -0.1) is 11.3 Å². The van der Waals surface area contributed by atoms with Crippen LogP contribution in [0.4, 0.5) is 0 Å². The normalized spacial score (nSPS) is 11.3. The van der Waals surface area contributed by atoms with Gasteiger partial charge in [-0.05, 0) is 12.5 Å². The Hall–Kier alpha value is -1.65. The van der Waals surface area contributed by atoms with Crippen molar-refractivity contribution in [3.8, 4) is 10.6 Å². The topological polar surface area (TPSA) is 52.0 Å². The Labute approximate surface area is 116 Å². The summed E-state index contributed by atoms with van der Waals surface area (Å²) in [5, 5.41) is 2.12. The molecule has 2 aromatic heterocycles.